The first-order valence-corrected chi connectivity index (χ1v) is 6.19. The summed E-state index contributed by atoms with van der Waals surface area (Å²) in [7, 11) is 0. The number of hydrogen-bond acceptors (Lipinski definition) is 5. The van der Waals surface area contributed by atoms with Gasteiger partial charge in [0, 0.05) is 6.54 Å². The second-order valence-electron chi connectivity index (χ2n) is 3.36. The molecule has 0 saturated carbocycles. The van der Waals surface area contributed by atoms with E-state index in [1.54, 1.807) is 0 Å². The number of ether oxygens (including phenoxy) is 1. The predicted octanol–water partition coefficient (Wildman–Crippen LogP) is 2.55. The molecule has 6 heteroatoms. The highest BCUT2D eigenvalue weighted by Gasteiger charge is 2.17. The van der Waals surface area contributed by atoms with Crippen molar-refractivity contribution in [3.8, 4) is 5.88 Å². The largest absolute Gasteiger partial charge is 0.492 e. The lowest BCUT2D eigenvalue weighted by molar-refractivity contribution is 0.0505. The average Bonchev–Trinajstić information content (AvgIpc) is 2.30. The van der Waals surface area contributed by atoms with Crippen LogP contribution in [0, 0.1) is 0 Å². The Bertz CT molecular complexity index is 410. The van der Waals surface area contributed by atoms with Crippen molar-refractivity contribution in [1.82, 2.24) is 4.98 Å². The molecule has 0 aliphatic heterocycles. The molecule has 1 rings (SSSR count). The highest BCUT2D eigenvalue weighted by atomic mass is 79.9. The van der Waals surface area contributed by atoms with Crippen LogP contribution in [0.5, 0.6) is 5.88 Å². The highest BCUT2D eigenvalue weighted by Crippen LogP contribution is 2.27. The summed E-state index contributed by atoms with van der Waals surface area (Å²) in [6.07, 6.45) is 0.759. The Labute approximate surface area is 108 Å². The van der Waals surface area contributed by atoms with E-state index >= 15 is 0 Å². The summed E-state index contributed by atoms with van der Waals surface area (Å²) in [5, 5.41) is 12.4. The van der Waals surface area contributed by atoms with Gasteiger partial charge < -0.3 is 15.2 Å². The van der Waals surface area contributed by atoms with E-state index in [4.69, 9.17) is 4.74 Å². The predicted molar refractivity (Wildman–Crippen MR) is 68.3 cm³/mol. The number of carbonyl (C=O) groups is 1. The first-order valence-electron chi connectivity index (χ1n) is 5.40. The molecule has 1 heterocycles. The van der Waals surface area contributed by atoms with Gasteiger partial charge in [-0.25, -0.2) is 4.79 Å². The Morgan fingerprint density at radius 1 is 1.59 bits per heavy atom. The van der Waals surface area contributed by atoms with E-state index in [2.05, 4.69) is 26.2 Å². The fourth-order valence-corrected chi connectivity index (χ4v) is 1.53. The van der Waals surface area contributed by atoms with E-state index in [0.29, 0.717) is 29.0 Å². The minimum Gasteiger partial charge on any atom is -0.492 e. The van der Waals surface area contributed by atoms with Gasteiger partial charge in [-0.2, -0.15) is 4.98 Å². The average molecular weight is 303 g/mol. The van der Waals surface area contributed by atoms with Crippen molar-refractivity contribution >= 4 is 27.7 Å². The van der Waals surface area contributed by atoms with Crippen LogP contribution >= 0.6 is 15.9 Å². The maximum atomic E-state index is 11.8. The highest BCUT2D eigenvalue weighted by molar-refractivity contribution is 9.10. The number of aromatic hydroxyl groups is 1. The third-order valence-electron chi connectivity index (χ3n) is 1.96. The number of nitrogens with zero attached hydrogens (tertiary/aromatic N) is 1. The summed E-state index contributed by atoms with van der Waals surface area (Å²) < 4.78 is 5.40. The van der Waals surface area contributed by atoms with E-state index in [1.165, 1.54) is 6.07 Å². The summed E-state index contributed by atoms with van der Waals surface area (Å²) in [5.74, 6) is -0.279. The molecule has 0 atom stereocenters. The molecule has 0 radical (unpaired) electrons. The van der Waals surface area contributed by atoms with Gasteiger partial charge in [0.05, 0.1) is 11.1 Å². The lowest BCUT2D eigenvalue weighted by atomic mass is 10.2. The van der Waals surface area contributed by atoms with Gasteiger partial charge in [0.15, 0.2) is 0 Å². The van der Waals surface area contributed by atoms with Crippen molar-refractivity contribution in [3.05, 3.63) is 16.1 Å². The molecular formula is C11H15BrN2O3. The van der Waals surface area contributed by atoms with Crippen LogP contribution in [0.2, 0.25) is 0 Å². The van der Waals surface area contributed by atoms with Gasteiger partial charge in [-0.15, -0.1) is 0 Å². The van der Waals surface area contributed by atoms with Crippen molar-refractivity contribution in [3.63, 3.8) is 0 Å². The Morgan fingerprint density at radius 2 is 2.29 bits per heavy atom. The minimum absolute atomic E-state index is 0.159. The number of aromatic nitrogens is 1. The minimum atomic E-state index is -0.448. The van der Waals surface area contributed by atoms with Crippen molar-refractivity contribution in [1.29, 1.82) is 0 Å². The maximum Gasteiger partial charge on any atom is 0.341 e. The number of hydrogen-bond donors (Lipinski definition) is 2. The van der Waals surface area contributed by atoms with Gasteiger partial charge in [0.2, 0.25) is 5.88 Å². The summed E-state index contributed by atoms with van der Waals surface area (Å²) in [4.78, 5) is 15.6. The Hall–Kier alpha value is -1.30. The van der Waals surface area contributed by atoms with Crippen LogP contribution in [-0.4, -0.2) is 29.2 Å². The maximum absolute atomic E-state index is 11.8. The van der Waals surface area contributed by atoms with Crippen LogP contribution in [0.15, 0.2) is 10.5 Å². The molecule has 0 aromatic carbocycles. The summed E-state index contributed by atoms with van der Waals surface area (Å²) in [5.41, 5.74) is 0.310. The van der Waals surface area contributed by atoms with E-state index in [9.17, 15) is 9.90 Å². The van der Waals surface area contributed by atoms with Gasteiger partial charge >= 0.3 is 5.97 Å². The van der Waals surface area contributed by atoms with Gasteiger partial charge in [-0.1, -0.05) is 6.92 Å². The quantitative estimate of drug-likeness (QED) is 0.818. The molecule has 0 spiro atoms. The summed E-state index contributed by atoms with van der Waals surface area (Å²) in [6, 6.07) is 1.50. The van der Waals surface area contributed by atoms with Gasteiger partial charge in [-0.3, -0.25) is 0 Å². The van der Waals surface area contributed by atoms with Crippen LogP contribution in [-0.2, 0) is 4.74 Å². The number of pyridine rings is 1. The zero-order valence-corrected chi connectivity index (χ0v) is 11.4. The molecule has 17 heavy (non-hydrogen) atoms. The third kappa shape index (κ3) is 3.59. The molecule has 1 aromatic heterocycles. The second kappa shape index (κ2) is 6.44. The van der Waals surface area contributed by atoms with Crippen molar-refractivity contribution in [2.45, 2.75) is 20.3 Å². The monoisotopic (exact) mass is 302 g/mol. The number of rotatable bonds is 5. The van der Waals surface area contributed by atoms with Crippen LogP contribution < -0.4 is 5.32 Å². The molecule has 0 bridgehead atoms. The fourth-order valence-electron chi connectivity index (χ4n) is 1.21. The van der Waals surface area contributed by atoms with Gasteiger partial charge in [-0.05, 0) is 35.3 Å². The second-order valence-corrected chi connectivity index (χ2v) is 4.21. The molecule has 0 aliphatic rings. The zero-order chi connectivity index (χ0) is 12.8. The number of halogens is 1. The smallest absolute Gasteiger partial charge is 0.341 e. The fraction of sp³-hybridized carbons (Fsp3) is 0.455. The van der Waals surface area contributed by atoms with Gasteiger partial charge in [0.1, 0.15) is 11.4 Å². The van der Waals surface area contributed by atoms with E-state index in [-0.39, 0.29) is 5.88 Å². The topological polar surface area (TPSA) is 71.5 Å². The van der Waals surface area contributed by atoms with E-state index in [0.717, 1.165) is 6.42 Å². The zero-order valence-electron chi connectivity index (χ0n) is 9.79. The number of carbonyl (C=O) groups excluding carboxylic acids is 1. The van der Waals surface area contributed by atoms with Crippen molar-refractivity contribution < 1.29 is 14.6 Å². The molecule has 0 aliphatic carbocycles. The Morgan fingerprint density at radius 3 is 2.88 bits per heavy atom. The first kappa shape index (κ1) is 13.8. The van der Waals surface area contributed by atoms with Crippen LogP contribution in [0.4, 0.5) is 5.82 Å². The molecule has 0 fully saturated rings. The van der Waals surface area contributed by atoms with E-state index < -0.39 is 5.97 Å². The molecule has 5 nitrogen and oxygen atoms in total. The SMILES string of the molecule is CCCOC(=O)c1cc(Br)c(O)nc1NCC. The van der Waals surface area contributed by atoms with Crippen molar-refractivity contribution in [2.24, 2.45) is 0 Å². The molecule has 1 aromatic rings. The lowest BCUT2D eigenvalue weighted by Crippen LogP contribution is -2.12. The lowest BCUT2D eigenvalue weighted by Gasteiger charge is -2.10. The number of esters is 1. The first-order chi connectivity index (χ1) is 8.10. The Kier molecular flexibility index (Phi) is 5.21. The molecule has 0 saturated heterocycles. The third-order valence-corrected chi connectivity index (χ3v) is 2.54. The summed E-state index contributed by atoms with van der Waals surface area (Å²) in [6.45, 7) is 4.76. The van der Waals surface area contributed by atoms with Gasteiger partial charge in [0.25, 0.3) is 0 Å². The molecule has 0 amide bonds. The number of nitrogens with one attached hydrogen (secondary N) is 1. The number of anilines is 1. The van der Waals surface area contributed by atoms with Crippen LogP contribution in [0.1, 0.15) is 30.6 Å². The standard InChI is InChI=1S/C11H15BrN2O3/c1-3-5-17-11(16)7-6-8(12)10(15)14-9(7)13-4-2/h6H,3-5H2,1-2H3,(H2,13,14,15). The molecule has 2 N–H and O–H groups in total. The molecule has 0 unspecified atom stereocenters. The summed E-state index contributed by atoms with van der Waals surface area (Å²) >= 11 is 3.12. The normalized spacial score (nSPS) is 10.1. The van der Waals surface area contributed by atoms with Crippen LogP contribution in [0.3, 0.4) is 0 Å². The molecular weight excluding hydrogens is 288 g/mol. The van der Waals surface area contributed by atoms with Crippen LogP contribution in [0.25, 0.3) is 0 Å². The van der Waals surface area contributed by atoms with E-state index in [1.807, 2.05) is 13.8 Å². The molecule has 94 valence electrons. The Balaban J connectivity index is 3.02. The van der Waals surface area contributed by atoms with Crippen molar-refractivity contribution in [2.75, 3.05) is 18.5 Å².